The largest absolute Gasteiger partial charge is 0.520 e. The van der Waals surface area contributed by atoms with Crippen molar-refractivity contribution < 1.29 is 8.83 Å². The van der Waals surface area contributed by atoms with Crippen molar-refractivity contribution in [3.05, 3.63) is 16.4 Å². The maximum Gasteiger partial charge on any atom is 0.520 e. The number of anilines is 1. The lowest BCUT2D eigenvalue weighted by atomic mass is 9.91. The van der Waals surface area contributed by atoms with E-state index < -0.39 is 5.82 Å². The molecule has 0 radical (unpaired) electrons. The molecule has 0 aromatic carbocycles. The summed E-state index contributed by atoms with van der Waals surface area (Å²) >= 11 is 0. The van der Waals surface area contributed by atoms with Crippen LogP contribution in [0.15, 0.2) is 13.6 Å². The summed E-state index contributed by atoms with van der Waals surface area (Å²) in [5, 5.41) is 0. The van der Waals surface area contributed by atoms with Crippen molar-refractivity contribution in [2.45, 2.75) is 27.2 Å². The van der Waals surface area contributed by atoms with Crippen LogP contribution in [0.2, 0.25) is 0 Å². The first-order valence-electron chi connectivity index (χ1n) is 4.83. The van der Waals surface area contributed by atoms with Gasteiger partial charge in [-0.3, -0.25) is 0 Å². The Kier molecular flexibility index (Phi) is 1.94. The van der Waals surface area contributed by atoms with Crippen LogP contribution in [0.1, 0.15) is 26.5 Å². The average molecular weight is 197 g/mol. The van der Waals surface area contributed by atoms with E-state index in [9.17, 15) is 4.79 Å². The van der Waals surface area contributed by atoms with Gasteiger partial charge in [0, 0.05) is 19.5 Å². The molecule has 0 spiro atoms. The molecule has 0 bridgehead atoms. The Bertz CT molecular complexity index is 379. The van der Waals surface area contributed by atoms with Gasteiger partial charge in [-0.25, -0.2) is 4.79 Å². The third-order valence-electron chi connectivity index (χ3n) is 2.05. The Hall–Kier alpha value is -1.19. The van der Waals surface area contributed by atoms with Crippen LogP contribution in [0.3, 0.4) is 0 Å². The zero-order valence-electron chi connectivity index (χ0n) is 8.79. The quantitative estimate of drug-likeness (QED) is 0.676. The van der Waals surface area contributed by atoms with Crippen molar-refractivity contribution in [3.63, 3.8) is 0 Å². The molecule has 0 amide bonds. The Balaban J connectivity index is 2.27. The fourth-order valence-corrected chi connectivity index (χ4v) is 1.39. The van der Waals surface area contributed by atoms with Crippen molar-refractivity contribution >= 4 is 5.88 Å². The van der Waals surface area contributed by atoms with Crippen LogP contribution in [0.4, 0.5) is 5.88 Å². The summed E-state index contributed by atoms with van der Waals surface area (Å²) < 4.78 is 10.0. The highest BCUT2D eigenvalue weighted by Crippen LogP contribution is 2.30. The second kappa shape index (κ2) is 2.90. The molecule has 0 unspecified atom stereocenters. The third kappa shape index (κ3) is 2.00. The smallest absolute Gasteiger partial charge is 0.393 e. The Morgan fingerprint density at radius 2 is 1.93 bits per heavy atom. The molecule has 0 aliphatic carbocycles. The van der Waals surface area contributed by atoms with E-state index in [1.807, 2.05) is 4.90 Å². The lowest BCUT2D eigenvalue weighted by Crippen LogP contribution is -2.10. The minimum Gasteiger partial charge on any atom is -0.393 e. The second-order valence-corrected chi connectivity index (χ2v) is 4.91. The molecule has 1 aliphatic rings. The first-order chi connectivity index (χ1) is 6.46. The first kappa shape index (κ1) is 9.37. The fraction of sp³-hybridized carbons (Fsp3) is 0.700. The van der Waals surface area contributed by atoms with E-state index in [0.29, 0.717) is 11.6 Å². The molecule has 1 aliphatic heterocycles. The molecule has 0 N–H and O–H groups in total. The Labute approximate surface area is 82.5 Å². The number of hydrogen-bond acceptors (Lipinski definition) is 4. The predicted octanol–water partition coefficient (Wildman–Crippen LogP) is 1.64. The Morgan fingerprint density at radius 1 is 1.29 bits per heavy atom. The van der Waals surface area contributed by atoms with Crippen molar-refractivity contribution in [3.8, 4) is 0 Å². The van der Waals surface area contributed by atoms with Crippen LogP contribution in [-0.2, 0) is 6.42 Å². The topological polar surface area (TPSA) is 46.4 Å². The summed E-state index contributed by atoms with van der Waals surface area (Å²) in [6.45, 7) is 8.23. The highest BCUT2D eigenvalue weighted by atomic mass is 16.6. The molecule has 2 heterocycles. The summed E-state index contributed by atoms with van der Waals surface area (Å²) in [5.74, 6) is 0.719. The van der Waals surface area contributed by atoms with Gasteiger partial charge in [-0.1, -0.05) is 20.8 Å². The van der Waals surface area contributed by atoms with Crippen LogP contribution in [-0.4, -0.2) is 13.1 Å². The van der Waals surface area contributed by atoms with E-state index in [2.05, 4.69) is 20.8 Å². The molecule has 0 atom stereocenters. The van der Waals surface area contributed by atoms with Crippen molar-refractivity contribution in [1.82, 2.24) is 0 Å². The van der Waals surface area contributed by atoms with E-state index in [4.69, 9.17) is 8.83 Å². The van der Waals surface area contributed by atoms with Crippen LogP contribution >= 0.6 is 0 Å². The minimum absolute atomic E-state index is 0.102. The van der Waals surface area contributed by atoms with Gasteiger partial charge < -0.3 is 13.7 Å². The maximum atomic E-state index is 11.0. The number of rotatable bonds is 2. The van der Waals surface area contributed by atoms with Crippen molar-refractivity contribution in [1.29, 1.82) is 0 Å². The van der Waals surface area contributed by atoms with E-state index >= 15 is 0 Å². The summed E-state index contributed by atoms with van der Waals surface area (Å²) in [7, 11) is 0. The maximum absolute atomic E-state index is 11.0. The molecule has 1 fully saturated rings. The molecule has 1 saturated heterocycles. The van der Waals surface area contributed by atoms with Crippen LogP contribution in [0.5, 0.6) is 0 Å². The minimum atomic E-state index is -0.592. The lowest BCUT2D eigenvalue weighted by Gasteiger charge is -2.15. The summed E-state index contributed by atoms with van der Waals surface area (Å²) in [6.07, 6.45) is 0.727. The first-order valence-corrected chi connectivity index (χ1v) is 4.83. The predicted molar refractivity (Wildman–Crippen MR) is 52.6 cm³/mol. The summed E-state index contributed by atoms with van der Waals surface area (Å²) in [4.78, 5) is 13.0. The standard InChI is InChI=1S/C10H15NO3/c1-10(2,3)6-7-8(11-4-5-11)14-9(12)13-7/h4-6H2,1-3H3. The lowest BCUT2D eigenvalue weighted by molar-refractivity contribution is 0.335. The zero-order chi connectivity index (χ0) is 10.3. The molecule has 4 nitrogen and oxygen atoms in total. The van der Waals surface area contributed by atoms with Gasteiger partial charge in [0.05, 0.1) is 0 Å². The van der Waals surface area contributed by atoms with Crippen molar-refractivity contribution in [2.24, 2.45) is 5.41 Å². The van der Waals surface area contributed by atoms with Gasteiger partial charge in [0.25, 0.3) is 0 Å². The normalized spacial score (nSPS) is 16.1. The molecule has 78 valence electrons. The third-order valence-corrected chi connectivity index (χ3v) is 2.05. The molecule has 1 aromatic heterocycles. The monoisotopic (exact) mass is 197 g/mol. The zero-order valence-corrected chi connectivity index (χ0v) is 8.79. The van der Waals surface area contributed by atoms with Crippen LogP contribution < -0.4 is 10.7 Å². The molecule has 0 saturated carbocycles. The summed E-state index contributed by atoms with van der Waals surface area (Å²) in [5.41, 5.74) is 0.102. The molecule has 14 heavy (non-hydrogen) atoms. The molecular weight excluding hydrogens is 182 g/mol. The SMILES string of the molecule is CC(C)(C)Cc1oc(=O)oc1N1CC1. The van der Waals surface area contributed by atoms with Gasteiger partial charge >= 0.3 is 5.82 Å². The van der Waals surface area contributed by atoms with Gasteiger partial charge in [0.1, 0.15) is 0 Å². The molecule has 4 heteroatoms. The van der Waals surface area contributed by atoms with E-state index in [-0.39, 0.29) is 5.41 Å². The molecular formula is C10H15NO3. The summed E-state index contributed by atoms with van der Waals surface area (Å²) in [6, 6.07) is 0. The van der Waals surface area contributed by atoms with Gasteiger partial charge in [0.15, 0.2) is 5.76 Å². The second-order valence-electron chi connectivity index (χ2n) is 4.91. The van der Waals surface area contributed by atoms with Crippen molar-refractivity contribution in [2.75, 3.05) is 18.0 Å². The molecule has 1 aromatic rings. The Morgan fingerprint density at radius 3 is 2.43 bits per heavy atom. The van der Waals surface area contributed by atoms with Gasteiger partial charge in [-0.15, -0.1) is 0 Å². The van der Waals surface area contributed by atoms with Gasteiger partial charge in [0.2, 0.25) is 5.88 Å². The number of nitrogens with zero attached hydrogens (tertiary/aromatic N) is 1. The van der Waals surface area contributed by atoms with E-state index in [1.54, 1.807) is 0 Å². The highest BCUT2D eigenvalue weighted by molar-refractivity contribution is 5.44. The van der Waals surface area contributed by atoms with E-state index in [1.165, 1.54) is 0 Å². The highest BCUT2D eigenvalue weighted by Gasteiger charge is 2.29. The van der Waals surface area contributed by atoms with Gasteiger partial charge in [-0.05, 0) is 5.41 Å². The van der Waals surface area contributed by atoms with Crippen LogP contribution in [0.25, 0.3) is 0 Å². The van der Waals surface area contributed by atoms with Crippen LogP contribution in [0, 0.1) is 5.41 Å². The fourth-order valence-electron chi connectivity index (χ4n) is 1.39. The molecule has 2 rings (SSSR count). The van der Waals surface area contributed by atoms with Gasteiger partial charge in [-0.2, -0.15) is 0 Å². The number of hydrogen-bond donors (Lipinski definition) is 0. The average Bonchev–Trinajstić information content (AvgIpc) is 2.75. The van der Waals surface area contributed by atoms with E-state index in [0.717, 1.165) is 19.5 Å².